The first-order valence-corrected chi connectivity index (χ1v) is 10.7. The van der Waals surface area contributed by atoms with Crippen molar-refractivity contribution in [2.75, 3.05) is 19.0 Å². The van der Waals surface area contributed by atoms with Crippen LogP contribution >= 0.6 is 0 Å². The van der Waals surface area contributed by atoms with Crippen molar-refractivity contribution in [1.29, 1.82) is 0 Å². The summed E-state index contributed by atoms with van der Waals surface area (Å²) < 4.78 is 0. The number of H-pyrrole nitrogens is 2. The molecule has 160 valence electrons. The maximum absolute atomic E-state index is 4.64. The molecule has 5 heterocycles. The van der Waals surface area contributed by atoms with Gasteiger partial charge in [-0.2, -0.15) is 5.10 Å². The van der Waals surface area contributed by atoms with Gasteiger partial charge in [0, 0.05) is 54.5 Å². The predicted octanol–water partition coefficient (Wildman–Crippen LogP) is 5.30. The highest BCUT2D eigenvalue weighted by Crippen LogP contribution is 2.34. The lowest BCUT2D eigenvalue weighted by Crippen LogP contribution is -2.08. The SMILES string of the molecule is CN(C)c1cncc(-c2cc3c(-c4cc5c(-c6ccncc6)cccc5[nH]4)n[nH]c3cn2)c1. The van der Waals surface area contributed by atoms with Crippen LogP contribution in [0.5, 0.6) is 0 Å². The molecule has 0 saturated carbocycles. The molecular formula is C26H21N7. The van der Waals surface area contributed by atoms with Gasteiger partial charge in [-0.1, -0.05) is 12.1 Å². The second-order valence-electron chi connectivity index (χ2n) is 8.20. The van der Waals surface area contributed by atoms with E-state index in [2.05, 4.69) is 66.5 Å². The Hall–Kier alpha value is -4.52. The molecule has 0 radical (unpaired) electrons. The van der Waals surface area contributed by atoms with Crippen molar-refractivity contribution in [1.82, 2.24) is 30.1 Å². The first-order valence-electron chi connectivity index (χ1n) is 10.7. The number of anilines is 1. The highest BCUT2D eigenvalue weighted by Gasteiger charge is 2.15. The summed E-state index contributed by atoms with van der Waals surface area (Å²) in [5.41, 5.74) is 8.91. The number of rotatable bonds is 4. The molecule has 33 heavy (non-hydrogen) atoms. The lowest BCUT2D eigenvalue weighted by atomic mass is 10.0. The van der Waals surface area contributed by atoms with Crippen LogP contribution in [0, 0.1) is 0 Å². The Balaban J connectivity index is 1.48. The van der Waals surface area contributed by atoms with Crippen LogP contribution in [-0.4, -0.2) is 44.2 Å². The number of hydrogen-bond donors (Lipinski definition) is 2. The Labute approximate surface area is 190 Å². The van der Waals surface area contributed by atoms with Gasteiger partial charge in [-0.3, -0.25) is 20.1 Å². The molecule has 0 unspecified atom stereocenters. The fourth-order valence-corrected chi connectivity index (χ4v) is 4.16. The van der Waals surface area contributed by atoms with Crippen LogP contribution in [0.15, 0.2) is 79.5 Å². The van der Waals surface area contributed by atoms with Crippen molar-refractivity contribution >= 4 is 27.5 Å². The van der Waals surface area contributed by atoms with E-state index in [4.69, 9.17) is 0 Å². The largest absolute Gasteiger partial charge is 0.376 e. The zero-order chi connectivity index (χ0) is 22.4. The zero-order valence-corrected chi connectivity index (χ0v) is 18.2. The molecule has 0 aliphatic carbocycles. The topological polar surface area (TPSA) is 86.4 Å². The van der Waals surface area contributed by atoms with Gasteiger partial charge < -0.3 is 9.88 Å². The average molecular weight is 432 g/mol. The predicted molar refractivity (Wildman–Crippen MR) is 132 cm³/mol. The van der Waals surface area contributed by atoms with E-state index >= 15 is 0 Å². The minimum Gasteiger partial charge on any atom is -0.376 e. The van der Waals surface area contributed by atoms with Gasteiger partial charge in [0.1, 0.15) is 5.69 Å². The van der Waals surface area contributed by atoms with Gasteiger partial charge in [0.15, 0.2) is 0 Å². The lowest BCUT2D eigenvalue weighted by Gasteiger charge is -2.12. The van der Waals surface area contributed by atoms with E-state index in [1.165, 1.54) is 0 Å². The van der Waals surface area contributed by atoms with Gasteiger partial charge >= 0.3 is 0 Å². The molecule has 6 aromatic rings. The molecule has 0 amide bonds. The summed E-state index contributed by atoms with van der Waals surface area (Å²) in [7, 11) is 4.00. The molecule has 0 atom stereocenters. The van der Waals surface area contributed by atoms with Gasteiger partial charge in [0.2, 0.25) is 0 Å². The highest BCUT2D eigenvalue weighted by molar-refractivity contribution is 6.01. The number of nitrogens with zero attached hydrogens (tertiary/aromatic N) is 5. The molecule has 1 aromatic carbocycles. The average Bonchev–Trinajstić information content (AvgIpc) is 3.48. The molecular weight excluding hydrogens is 410 g/mol. The van der Waals surface area contributed by atoms with Crippen LogP contribution in [0.2, 0.25) is 0 Å². The van der Waals surface area contributed by atoms with Crippen molar-refractivity contribution in [2.24, 2.45) is 0 Å². The second kappa shape index (κ2) is 7.56. The Kier molecular flexibility index (Phi) is 4.40. The van der Waals surface area contributed by atoms with Crippen LogP contribution in [0.3, 0.4) is 0 Å². The number of nitrogens with one attached hydrogen (secondary N) is 2. The van der Waals surface area contributed by atoms with E-state index in [1.807, 2.05) is 62.1 Å². The van der Waals surface area contributed by atoms with Crippen molar-refractivity contribution < 1.29 is 0 Å². The molecule has 7 heteroatoms. The fourth-order valence-electron chi connectivity index (χ4n) is 4.16. The summed E-state index contributed by atoms with van der Waals surface area (Å²) in [6.45, 7) is 0. The third-order valence-electron chi connectivity index (χ3n) is 5.89. The zero-order valence-electron chi connectivity index (χ0n) is 18.2. The summed E-state index contributed by atoms with van der Waals surface area (Å²) >= 11 is 0. The number of pyridine rings is 3. The number of aromatic amines is 2. The summed E-state index contributed by atoms with van der Waals surface area (Å²) in [6, 6.07) is 16.7. The van der Waals surface area contributed by atoms with E-state index < -0.39 is 0 Å². The molecule has 0 saturated heterocycles. The standard InChI is InChI=1S/C26H21N7/c1-33(2)18-10-17(13-28-14-18)23-12-21-25(15-29-23)31-32-26(21)24-11-20-19(4-3-5-22(20)30-24)16-6-8-27-9-7-16/h3-15,30H,1-2H3,(H,31,32). The Morgan fingerprint density at radius 2 is 1.67 bits per heavy atom. The minimum absolute atomic E-state index is 0.856. The molecule has 0 aliphatic heterocycles. The smallest absolute Gasteiger partial charge is 0.116 e. The molecule has 0 bridgehead atoms. The highest BCUT2D eigenvalue weighted by atomic mass is 15.1. The van der Waals surface area contributed by atoms with Crippen LogP contribution in [0.1, 0.15) is 0 Å². The lowest BCUT2D eigenvalue weighted by molar-refractivity contribution is 1.11. The van der Waals surface area contributed by atoms with Crippen molar-refractivity contribution in [3.05, 3.63) is 79.5 Å². The fraction of sp³-hybridized carbons (Fsp3) is 0.0769. The van der Waals surface area contributed by atoms with Gasteiger partial charge in [-0.05, 0) is 47.5 Å². The van der Waals surface area contributed by atoms with Gasteiger partial charge in [-0.15, -0.1) is 0 Å². The van der Waals surface area contributed by atoms with Crippen molar-refractivity contribution in [2.45, 2.75) is 0 Å². The van der Waals surface area contributed by atoms with Crippen LogP contribution in [0.4, 0.5) is 5.69 Å². The molecule has 7 nitrogen and oxygen atoms in total. The van der Waals surface area contributed by atoms with E-state index in [0.717, 1.165) is 61.3 Å². The minimum atomic E-state index is 0.856. The maximum Gasteiger partial charge on any atom is 0.116 e. The van der Waals surface area contributed by atoms with Crippen LogP contribution in [-0.2, 0) is 0 Å². The van der Waals surface area contributed by atoms with E-state index in [-0.39, 0.29) is 0 Å². The number of hydrogen-bond acceptors (Lipinski definition) is 5. The summed E-state index contributed by atoms with van der Waals surface area (Å²) in [6.07, 6.45) is 9.14. The van der Waals surface area contributed by atoms with E-state index in [9.17, 15) is 0 Å². The normalized spacial score (nSPS) is 11.3. The Morgan fingerprint density at radius 3 is 2.52 bits per heavy atom. The molecule has 0 spiro atoms. The Morgan fingerprint density at radius 1 is 0.788 bits per heavy atom. The van der Waals surface area contributed by atoms with E-state index in [0.29, 0.717) is 0 Å². The van der Waals surface area contributed by atoms with Gasteiger partial charge in [0.05, 0.1) is 35.0 Å². The summed E-state index contributed by atoms with van der Waals surface area (Å²) in [5.74, 6) is 0. The van der Waals surface area contributed by atoms with Gasteiger partial charge in [0.25, 0.3) is 0 Å². The number of fused-ring (bicyclic) bond motifs is 2. The monoisotopic (exact) mass is 431 g/mol. The van der Waals surface area contributed by atoms with Gasteiger partial charge in [-0.25, -0.2) is 0 Å². The van der Waals surface area contributed by atoms with Crippen molar-refractivity contribution in [3.8, 4) is 33.8 Å². The summed E-state index contributed by atoms with van der Waals surface area (Å²) in [5, 5.41) is 9.89. The molecule has 0 aliphatic rings. The molecule has 2 N–H and O–H groups in total. The third-order valence-corrected chi connectivity index (χ3v) is 5.89. The quantitative estimate of drug-likeness (QED) is 0.396. The first-order chi connectivity index (χ1) is 16.2. The van der Waals surface area contributed by atoms with Crippen LogP contribution in [0.25, 0.3) is 55.6 Å². The van der Waals surface area contributed by atoms with Crippen LogP contribution < -0.4 is 4.90 Å². The maximum atomic E-state index is 4.64. The molecule has 0 fully saturated rings. The number of aromatic nitrogens is 6. The third kappa shape index (κ3) is 3.30. The van der Waals surface area contributed by atoms with Crippen molar-refractivity contribution in [3.63, 3.8) is 0 Å². The summed E-state index contributed by atoms with van der Waals surface area (Å²) in [4.78, 5) is 18.7. The Bertz CT molecular complexity index is 1600. The first kappa shape index (κ1) is 19.2. The van der Waals surface area contributed by atoms with E-state index in [1.54, 1.807) is 0 Å². The molecule has 6 rings (SSSR count). The second-order valence-corrected chi connectivity index (χ2v) is 8.20. The molecule has 5 aromatic heterocycles. The number of benzene rings is 1.